The molecule has 1 nitrogen and oxygen atoms in total. The Kier molecular flexibility index (Phi) is 4.85. The minimum absolute atomic E-state index is 0.878. The Morgan fingerprint density at radius 2 is 1.85 bits per heavy atom. The van der Waals surface area contributed by atoms with Crippen LogP contribution in [0.25, 0.3) is 0 Å². The molecule has 0 spiro atoms. The molecule has 0 aliphatic carbocycles. The van der Waals surface area contributed by atoms with Crippen LogP contribution in [0, 0.1) is 0 Å². The molecule has 0 radical (unpaired) electrons. The van der Waals surface area contributed by atoms with Crippen molar-refractivity contribution in [2.45, 2.75) is 26.2 Å². The fraction of sp³-hybridized carbons (Fsp3) is 0.455. The summed E-state index contributed by atoms with van der Waals surface area (Å²) in [7, 11) is -1.49. The zero-order valence-corrected chi connectivity index (χ0v) is 9.12. The van der Waals surface area contributed by atoms with Gasteiger partial charge in [-0.15, -0.1) is 0 Å². The van der Waals surface area contributed by atoms with Crippen LogP contribution in [-0.4, -0.2) is 6.16 Å². The van der Waals surface area contributed by atoms with Crippen molar-refractivity contribution in [2.75, 3.05) is 6.16 Å². The van der Waals surface area contributed by atoms with Crippen molar-refractivity contribution in [3.63, 3.8) is 0 Å². The molecule has 0 aromatic heterocycles. The van der Waals surface area contributed by atoms with Crippen molar-refractivity contribution in [1.82, 2.24) is 0 Å². The van der Waals surface area contributed by atoms with Gasteiger partial charge in [0.05, 0.1) is 0 Å². The second-order valence-electron chi connectivity index (χ2n) is 3.25. The first-order valence-corrected chi connectivity index (χ1v) is 6.54. The van der Waals surface area contributed by atoms with Crippen molar-refractivity contribution in [3.05, 3.63) is 30.3 Å². The molecule has 1 aromatic rings. The molecule has 0 aliphatic rings. The van der Waals surface area contributed by atoms with Crippen LogP contribution in [0.15, 0.2) is 30.3 Å². The SMILES string of the molecule is CCCCC[PH](=O)c1ccccc1. The molecule has 13 heavy (non-hydrogen) atoms. The number of hydrogen-bond acceptors (Lipinski definition) is 1. The van der Waals surface area contributed by atoms with E-state index in [2.05, 4.69) is 6.92 Å². The molecule has 0 heterocycles. The van der Waals surface area contributed by atoms with Gasteiger partial charge in [-0.05, 0) is 6.42 Å². The molecular formula is C11H17OP. The molecule has 2 heteroatoms. The quantitative estimate of drug-likeness (QED) is 0.522. The van der Waals surface area contributed by atoms with Crippen LogP contribution in [0.4, 0.5) is 0 Å². The van der Waals surface area contributed by atoms with E-state index in [1.807, 2.05) is 30.3 Å². The van der Waals surface area contributed by atoms with Gasteiger partial charge in [-0.25, -0.2) is 0 Å². The molecule has 0 bridgehead atoms. The lowest BCUT2D eigenvalue weighted by Crippen LogP contribution is -1.96. The monoisotopic (exact) mass is 196 g/mol. The summed E-state index contributed by atoms with van der Waals surface area (Å²) in [6, 6.07) is 9.81. The van der Waals surface area contributed by atoms with Crippen molar-refractivity contribution in [2.24, 2.45) is 0 Å². The van der Waals surface area contributed by atoms with Gasteiger partial charge in [0, 0.05) is 11.5 Å². The van der Waals surface area contributed by atoms with Crippen molar-refractivity contribution >= 4 is 13.1 Å². The van der Waals surface area contributed by atoms with Gasteiger partial charge in [0.25, 0.3) is 0 Å². The van der Waals surface area contributed by atoms with Crippen LogP contribution >= 0.6 is 7.80 Å². The highest BCUT2D eigenvalue weighted by Gasteiger charge is 2.00. The fourth-order valence-corrected chi connectivity index (χ4v) is 2.73. The smallest absolute Gasteiger partial charge is 0.104 e. The third-order valence-corrected chi connectivity index (χ3v) is 3.89. The van der Waals surface area contributed by atoms with Gasteiger partial charge in [0.2, 0.25) is 0 Å². The van der Waals surface area contributed by atoms with E-state index in [0.29, 0.717) is 0 Å². The predicted molar refractivity (Wildman–Crippen MR) is 59.5 cm³/mol. The third-order valence-electron chi connectivity index (χ3n) is 2.10. The lowest BCUT2D eigenvalue weighted by Gasteiger charge is -2.00. The second-order valence-corrected chi connectivity index (χ2v) is 5.17. The molecule has 0 saturated carbocycles. The third kappa shape index (κ3) is 3.78. The average molecular weight is 196 g/mol. The van der Waals surface area contributed by atoms with Crippen LogP contribution in [0.3, 0.4) is 0 Å². The standard InChI is InChI=1S/C11H17OP/c1-2-3-7-10-13(12)11-8-5-4-6-9-11/h4-6,8-9,13H,2-3,7,10H2,1H3. The zero-order chi connectivity index (χ0) is 9.52. The molecule has 0 N–H and O–H groups in total. The van der Waals surface area contributed by atoms with Gasteiger partial charge in [-0.2, -0.15) is 0 Å². The molecular weight excluding hydrogens is 179 g/mol. The molecule has 1 atom stereocenters. The van der Waals surface area contributed by atoms with E-state index in [-0.39, 0.29) is 0 Å². The number of hydrogen-bond donors (Lipinski definition) is 0. The highest BCUT2D eigenvalue weighted by atomic mass is 31.1. The maximum atomic E-state index is 11.7. The maximum Gasteiger partial charge on any atom is 0.104 e. The van der Waals surface area contributed by atoms with E-state index in [4.69, 9.17) is 0 Å². The van der Waals surface area contributed by atoms with Gasteiger partial charge in [0.15, 0.2) is 0 Å². The maximum absolute atomic E-state index is 11.7. The first-order valence-electron chi connectivity index (χ1n) is 4.93. The molecule has 1 unspecified atom stereocenters. The molecule has 0 saturated heterocycles. The van der Waals surface area contributed by atoms with Crippen LogP contribution < -0.4 is 5.30 Å². The molecule has 72 valence electrons. The normalized spacial score (nSPS) is 12.7. The fourth-order valence-electron chi connectivity index (χ4n) is 1.30. The van der Waals surface area contributed by atoms with Crippen molar-refractivity contribution < 1.29 is 4.57 Å². The average Bonchev–Trinajstić information content (AvgIpc) is 2.19. The number of benzene rings is 1. The Balaban J connectivity index is 2.40. The number of unbranched alkanes of at least 4 members (excludes halogenated alkanes) is 2. The molecule has 1 rings (SSSR count). The van der Waals surface area contributed by atoms with Gasteiger partial charge < -0.3 is 4.57 Å². The summed E-state index contributed by atoms with van der Waals surface area (Å²) in [5, 5.41) is 1.03. The first kappa shape index (κ1) is 10.5. The Bertz CT molecular complexity index is 256. The van der Waals surface area contributed by atoms with Crippen LogP contribution in [0.1, 0.15) is 26.2 Å². The minimum atomic E-state index is -1.49. The molecule has 0 amide bonds. The summed E-state index contributed by atoms with van der Waals surface area (Å²) in [4.78, 5) is 0. The van der Waals surface area contributed by atoms with Crippen molar-refractivity contribution in [1.29, 1.82) is 0 Å². The lowest BCUT2D eigenvalue weighted by atomic mass is 10.3. The Hall–Kier alpha value is -0.550. The van der Waals surface area contributed by atoms with Crippen LogP contribution in [-0.2, 0) is 4.57 Å². The Labute approximate surface area is 81.0 Å². The van der Waals surface area contributed by atoms with E-state index in [1.54, 1.807) is 0 Å². The van der Waals surface area contributed by atoms with Gasteiger partial charge in [0.1, 0.15) is 7.80 Å². The highest BCUT2D eigenvalue weighted by molar-refractivity contribution is 7.53. The lowest BCUT2D eigenvalue weighted by molar-refractivity contribution is 0.590. The number of rotatable bonds is 5. The van der Waals surface area contributed by atoms with E-state index >= 15 is 0 Å². The van der Waals surface area contributed by atoms with Gasteiger partial charge in [-0.3, -0.25) is 0 Å². The van der Waals surface area contributed by atoms with Crippen LogP contribution in [0.2, 0.25) is 0 Å². The Morgan fingerprint density at radius 1 is 1.15 bits per heavy atom. The molecule has 0 aliphatic heterocycles. The van der Waals surface area contributed by atoms with Gasteiger partial charge >= 0.3 is 0 Å². The minimum Gasteiger partial charge on any atom is -0.322 e. The summed E-state index contributed by atoms with van der Waals surface area (Å²) in [5.74, 6) is 0. The largest absolute Gasteiger partial charge is 0.322 e. The summed E-state index contributed by atoms with van der Waals surface area (Å²) < 4.78 is 11.7. The molecule has 1 aromatic carbocycles. The van der Waals surface area contributed by atoms with E-state index < -0.39 is 7.80 Å². The van der Waals surface area contributed by atoms with Crippen molar-refractivity contribution in [3.8, 4) is 0 Å². The highest BCUT2D eigenvalue weighted by Crippen LogP contribution is 2.21. The van der Waals surface area contributed by atoms with Gasteiger partial charge in [-0.1, -0.05) is 50.1 Å². The van der Waals surface area contributed by atoms with E-state index in [0.717, 1.165) is 17.9 Å². The van der Waals surface area contributed by atoms with Crippen LogP contribution in [0.5, 0.6) is 0 Å². The Morgan fingerprint density at radius 3 is 2.46 bits per heavy atom. The second kappa shape index (κ2) is 5.99. The van der Waals surface area contributed by atoms with E-state index in [9.17, 15) is 4.57 Å². The summed E-state index contributed by atoms with van der Waals surface area (Å²) in [6.45, 7) is 2.17. The zero-order valence-electron chi connectivity index (χ0n) is 8.12. The first-order chi connectivity index (χ1) is 6.34. The topological polar surface area (TPSA) is 17.1 Å². The summed E-state index contributed by atoms with van der Waals surface area (Å²) >= 11 is 0. The molecule has 0 fully saturated rings. The van der Waals surface area contributed by atoms with E-state index in [1.165, 1.54) is 12.8 Å². The summed E-state index contributed by atoms with van der Waals surface area (Å²) in [6.07, 6.45) is 4.37. The summed E-state index contributed by atoms with van der Waals surface area (Å²) in [5.41, 5.74) is 0. The predicted octanol–water partition coefficient (Wildman–Crippen LogP) is 3.06.